The summed E-state index contributed by atoms with van der Waals surface area (Å²) >= 11 is 0. The Hall–Kier alpha value is -1.61. The zero-order chi connectivity index (χ0) is 11.5. The van der Waals surface area contributed by atoms with Crippen LogP contribution in [-0.4, -0.2) is 18.9 Å². The minimum absolute atomic E-state index is 0.0150. The molecule has 16 heavy (non-hydrogen) atoms. The van der Waals surface area contributed by atoms with E-state index >= 15 is 0 Å². The smallest absolute Gasteiger partial charge is 0.214 e. The Kier molecular flexibility index (Phi) is 3.06. The van der Waals surface area contributed by atoms with E-state index in [2.05, 4.69) is 5.32 Å². The third-order valence-corrected chi connectivity index (χ3v) is 2.74. The van der Waals surface area contributed by atoms with E-state index in [1.807, 2.05) is 31.2 Å². The average Bonchev–Trinajstić information content (AvgIpc) is 2.74. The summed E-state index contributed by atoms with van der Waals surface area (Å²) in [5.41, 5.74) is 0.761. The number of ketones is 1. The average molecular weight is 217 g/mol. The predicted molar refractivity (Wildman–Crippen MR) is 63.7 cm³/mol. The Bertz CT molecular complexity index is 464. The number of para-hydroxylation sites is 1. The molecule has 0 spiro atoms. The number of benzene rings is 1. The summed E-state index contributed by atoms with van der Waals surface area (Å²) in [5, 5.41) is 3.95. The molecule has 1 N–H and O–H groups in total. The van der Waals surface area contributed by atoms with E-state index in [0.29, 0.717) is 5.76 Å². The summed E-state index contributed by atoms with van der Waals surface area (Å²) in [6.45, 7) is 1.97. The molecule has 0 bridgehead atoms. The SMILES string of the molecule is CC[C@H](NC)C(=O)c1cc2ccccc2o1. The molecule has 2 aromatic rings. The van der Waals surface area contributed by atoms with E-state index in [0.717, 1.165) is 17.4 Å². The van der Waals surface area contributed by atoms with Gasteiger partial charge in [-0.15, -0.1) is 0 Å². The fourth-order valence-electron chi connectivity index (χ4n) is 1.80. The fourth-order valence-corrected chi connectivity index (χ4v) is 1.80. The lowest BCUT2D eigenvalue weighted by molar-refractivity contribution is 0.0919. The highest BCUT2D eigenvalue weighted by atomic mass is 16.3. The first-order valence-electron chi connectivity index (χ1n) is 5.46. The molecular formula is C13H15NO2. The van der Waals surface area contributed by atoms with Crippen LogP contribution in [0.1, 0.15) is 23.9 Å². The molecule has 0 radical (unpaired) electrons. The van der Waals surface area contributed by atoms with Gasteiger partial charge in [0.25, 0.3) is 0 Å². The first-order chi connectivity index (χ1) is 7.76. The molecule has 1 aromatic carbocycles. The van der Waals surface area contributed by atoms with E-state index in [9.17, 15) is 4.79 Å². The molecule has 2 rings (SSSR count). The molecule has 0 saturated heterocycles. The second kappa shape index (κ2) is 4.49. The van der Waals surface area contributed by atoms with Crippen molar-refractivity contribution in [3.05, 3.63) is 36.1 Å². The summed E-state index contributed by atoms with van der Waals surface area (Å²) in [7, 11) is 1.79. The molecule has 84 valence electrons. The Morgan fingerprint density at radius 2 is 2.19 bits per heavy atom. The lowest BCUT2D eigenvalue weighted by Gasteiger charge is -2.09. The summed E-state index contributed by atoms with van der Waals surface area (Å²) in [5.74, 6) is 0.448. The molecule has 0 amide bonds. The summed E-state index contributed by atoms with van der Waals surface area (Å²) in [6.07, 6.45) is 0.756. The molecule has 0 saturated carbocycles. The van der Waals surface area contributed by atoms with E-state index < -0.39 is 0 Å². The molecule has 3 heteroatoms. The molecule has 3 nitrogen and oxygen atoms in total. The number of fused-ring (bicyclic) bond motifs is 1. The van der Waals surface area contributed by atoms with E-state index in [-0.39, 0.29) is 11.8 Å². The van der Waals surface area contributed by atoms with Crippen molar-refractivity contribution >= 4 is 16.8 Å². The number of furan rings is 1. The van der Waals surface area contributed by atoms with Crippen LogP contribution in [0.4, 0.5) is 0 Å². The minimum atomic E-state index is -0.166. The number of hydrogen-bond donors (Lipinski definition) is 1. The number of likely N-dealkylation sites (N-methyl/N-ethyl adjacent to an activating group) is 1. The quantitative estimate of drug-likeness (QED) is 0.800. The van der Waals surface area contributed by atoms with Crippen LogP contribution in [0, 0.1) is 0 Å². The van der Waals surface area contributed by atoms with Gasteiger partial charge < -0.3 is 9.73 Å². The number of nitrogens with one attached hydrogen (secondary N) is 1. The highest BCUT2D eigenvalue weighted by molar-refractivity contribution is 6.00. The van der Waals surface area contributed by atoms with Gasteiger partial charge in [-0.3, -0.25) is 4.79 Å². The van der Waals surface area contributed by atoms with Crippen LogP contribution in [0.15, 0.2) is 34.7 Å². The zero-order valence-electron chi connectivity index (χ0n) is 9.49. The number of carbonyl (C=O) groups excluding carboxylic acids is 1. The topological polar surface area (TPSA) is 42.2 Å². The second-order valence-corrected chi connectivity index (χ2v) is 3.76. The minimum Gasteiger partial charge on any atom is -0.453 e. The maximum absolute atomic E-state index is 12.0. The third-order valence-electron chi connectivity index (χ3n) is 2.74. The van der Waals surface area contributed by atoms with Gasteiger partial charge in [0.05, 0.1) is 6.04 Å². The van der Waals surface area contributed by atoms with Crippen LogP contribution in [0.2, 0.25) is 0 Å². The van der Waals surface area contributed by atoms with Gasteiger partial charge in [0, 0.05) is 5.39 Å². The largest absolute Gasteiger partial charge is 0.453 e. The van der Waals surface area contributed by atoms with Crippen molar-refractivity contribution in [2.24, 2.45) is 0 Å². The molecule has 0 aliphatic heterocycles. The molecule has 1 aromatic heterocycles. The summed E-state index contributed by atoms with van der Waals surface area (Å²) in [6, 6.07) is 9.28. The Labute approximate surface area is 94.4 Å². The molecule has 0 aliphatic rings. The molecule has 1 atom stereocenters. The monoisotopic (exact) mass is 217 g/mol. The van der Waals surface area contributed by atoms with Gasteiger partial charge >= 0.3 is 0 Å². The van der Waals surface area contributed by atoms with Crippen molar-refractivity contribution in [3.63, 3.8) is 0 Å². The maximum atomic E-state index is 12.0. The van der Waals surface area contributed by atoms with Gasteiger partial charge in [-0.2, -0.15) is 0 Å². The van der Waals surface area contributed by atoms with Gasteiger partial charge in [-0.1, -0.05) is 25.1 Å². The first kappa shape index (κ1) is 10.9. The van der Waals surface area contributed by atoms with E-state index in [1.54, 1.807) is 13.1 Å². The standard InChI is InChI=1S/C13H15NO2/c1-3-10(14-2)13(15)12-8-9-6-4-5-7-11(9)16-12/h4-8,10,14H,3H2,1-2H3/t10-/m0/s1. The van der Waals surface area contributed by atoms with Gasteiger partial charge in [-0.25, -0.2) is 0 Å². The highest BCUT2D eigenvalue weighted by Gasteiger charge is 2.19. The van der Waals surface area contributed by atoms with Crippen molar-refractivity contribution in [2.75, 3.05) is 7.05 Å². The first-order valence-corrected chi connectivity index (χ1v) is 5.46. The molecule has 0 fully saturated rings. The number of carbonyl (C=O) groups is 1. The van der Waals surface area contributed by atoms with Crippen molar-refractivity contribution in [2.45, 2.75) is 19.4 Å². The Balaban J connectivity index is 2.36. The molecule has 1 heterocycles. The number of Topliss-reactive ketones (excluding diaryl/α,β-unsaturated/α-hetero) is 1. The normalized spacial score (nSPS) is 12.9. The lowest BCUT2D eigenvalue weighted by atomic mass is 10.1. The van der Waals surface area contributed by atoms with E-state index in [1.165, 1.54) is 0 Å². The number of rotatable bonds is 4. The van der Waals surface area contributed by atoms with Crippen LogP contribution < -0.4 is 5.32 Å². The van der Waals surface area contributed by atoms with Crippen molar-refractivity contribution in [1.82, 2.24) is 5.32 Å². The molecular weight excluding hydrogens is 202 g/mol. The van der Waals surface area contributed by atoms with Crippen molar-refractivity contribution in [1.29, 1.82) is 0 Å². The summed E-state index contributed by atoms with van der Waals surface area (Å²) in [4.78, 5) is 12.0. The van der Waals surface area contributed by atoms with Gasteiger partial charge in [0.2, 0.25) is 5.78 Å². The van der Waals surface area contributed by atoms with Crippen LogP contribution in [0.25, 0.3) is 11.0 Å². The maximum Gasteiger partial charge on any atom is 0.214 e. The lowest BCUT2D eigenvalue weighted by Crippen LogP contribution is -2.32. The molecule has 0 aliphatic carbocycles. The third kappa shape index (κ3) is 1.86. The van der Waals surface area contributed by atoms with Gasteiger partial charge in [0.1, 0.15) is 5.58 Å². The van der Waals surface area contributed by atoms with Crippen LogP contribution in [0.3, 0.4) is 0 Å². The predicted octanol–water partition coefficient (Wildman–Crippen LogP) is 2.61. The van der Waals surface area contributed by atoms with Gasteiger partial charge in [-0.05, 0) is 25.6 Å². The Morgan fingerprint density at radius 1 is 1.44 bits per heavy atom. The van der Waals surface area contributed by atoms with Crippen molar-refractivity contribution in [3.8, 4) is 0 Å². The number of hydrogen-bond acceptors (Lipinski definition) is 3. The second-order valence-electron chi connectivity index (χ2n) is 3.76. The fraction of sp³-hybridized carbons (Fsp3) is 0.308. The van der Waals surface area contributed by atoms with Crippen LogP contribution >= 0.6 is 0 Å². The van der Waals surface area contributed by atoms with Crippen LogP contribution in [0.5, 0.6) is 0 Å². The zero-order valence-corrected chi connectivity index (χ0v) is 9.49. The molecule has 0 unspecified atom stereocenters. The van der Waals surface area contributed by atoms with Crippen molar-refractivity contribution < 1.29 is 9.21 Å². The van der Waals surface area contributed by atoms with Crippen LogP contribution in [-0.2, 0) is 0 Å². The Morgan fingerprint density at radius 3 is 2.81 bits per heavy atom. The van der Waals surface area contributed by atoms with E-state index in [4.69, 9.17) is 4.42 Å². The summed E-state index contributed by atoms with van der Waals surface area (Å²) < 4.78 is 5.52. The van der Waals surface area contributed by atoms with Gasteiger partial charge in [0.15, 0.2) is 5.76 Å². The highest BCUT2D eigenvalue weighted by Crippen LogP contribution is 2.20.